The number of nitrogens with zero attached hydrogens (tertiary/aromatic N) is 1. The molecule has 0 atom stereocenters. The van der Waals surface area contributed by atoms with Crippen molar-refractivity contribution in [3.8, 4) is 0 Å². The maximum atomic E-state index is 6.60. The van der Waals surface area contributed by atoms with E-state index in [1.807, 2.05) is 11.3 Å². The highest BCUT2D eigenvalue weighted by molar-refractivity contribution is 7.26. The van der Waals surface area contributed by atoms with Gasteiger partial charge in [-0.3, -0.25) is 0 Å². The van der Waals surface area contributed by atoms with Crippen molar-refractivity contribution in [1.29, 1.82) is 0 Å². The van der Waals surface area contributed by atoms with Crippen molar-refractivity contribution >= 4 is 81.3 Å². The van der Waals surface area contributed by atoms with E-state index in [9.17, 15) is 0 Å². The monoisotopic (exact) mass is 491 g/mol. The van der Waals surface area contributed by atoms with Crippen LogP contribution >= 0.6 is 11.3 Å². The zero-order chi connectivity index (χ0) is 24.3. The number of fused-ring (bicyclic) bond motifs is 8. The van der Waals surface area contributed by atoms with E-state index in [0.29, 0.717) is 0 Å². The Kier molecular flexibility index (Phi) is 4.42. The first kappa shape index (κ1) is 20.6. The third-order valence-electron chi connectivity index (χ3n) is 7.21. The lowest BCUT2D eigenvalue weighted by Crippen LogP contribution is -2.09. The van der Waals surface area contributed by atoms with Crippen molar-refractivity contribution < 1.29 is 4.42 Å². The minimum atomic E-state index is 0.937. The quantitative estimate of drug-likeness (QED) is 0.244. The van der Waals surface area contributed by atoms with Crippen molar-refractivity contribution in [2.75, 3.05) is 4.90 Å². The van der Waals surface area contributed by atoms with Crippen LogP contribution in [0.2, 0.25) is 0 Å². The van der Waals surface area contributed by atoms with Crippen LogP contribution in [0.15, 0.2) is 132 Å². The van der Waals surface area contributed by atoms with Gasteiger partial charge in [-0.15, -0.1) is 11.3 Å². The molecule has 2 heterocycles. The summed E-state index contributed by atoms with van der Waals surface area (Å²) in [6, 6.07) is 45.2. The Labute approximate surface area is 217 Å². The average Bonchev–Trinajstić information content (AvgIpc) is 3.51. The molecule has 0 fully saturated rings. The smallest absolute Gasteiger partial charge is 0.144 e. The fourth-order valence-corrected chi connectivity index (χ4v) is 6.75. The van der Waals surface area contributed by atoms with E-state index in [2.05, 4.69) is 132 Å². The summed E-state index contributed by atoms with van der Waals surface area (Å²) in [7, 11) is 0. The van der Waals surface area contributed by atoms with Gasteiger partial charge in [0.25, 0.3) is 0 Å². The molecule has 8 aromatic rings. The standard InChI is InChI=1S/C34H21NOS/c1-3-12-24(13-4-1)35(25-14-5-2-6-15-25)29-17-9-16-27-32-31(37-34(27)29)19-18-26-28-20-22-10-7-8-11-23(22)21-30(28)36-33(26)32/h1-21H. The maximum Gasteiger partial charge on any atom is 0.144 e. The van der Waals surface area contributed by atoms with Crippen molar-refractivity contribution in [2.45, 2.75) is 0 Å². The summed E-state index contributed by atoms with van der Waals surface area (Å²) in [5, 5.41) is 7.19. The minimum Gasteiger partial charge on any atom is -0.455 e. The molecular formula is C34H21NOS. The summed E-state index contributed by atoms with van der Waals surface area (Å²) in [4.78, 5) is 2.35. The van der Waals surface area contributed by atoms with Gasteiger partial charge in [0.1, 0.15) is 11.2 Å². The molecule has 0 bridgehead atoms. The largest absolute Gasteiger partial charge is 0.455 e. The van der Waals surface area contributed by atoms with Gasteiger partial charge in [-0.25, -0.2) is 0 Å². The molecule has 0 unspecified atom stereocenters. The summed E-state index contributed by atoms with van der Waals surface area (Å²) in [5.41, 5.74) is 5.36. The Balaban J connectivity index is 1.44. The summed E-state index contributed by atoms with van der Waals surface area (Å²) >= 11 is 1.83. The molecule has 0 radical (unpaired) electrons. The number of thiophene rings is 1. The Morgan fingerprint density at radius 1 is 0.541 bits per heavy atom. The minimum absolute atomic E-state index is 0.937. The first-order valence-corrected chi connectivity index (χ1v) is 13.3. The van der Waals surface area contributed by atoms with Crippen LogP contribution in [0.3, 0.4) is 0 Å². The lowest BCUT2D eigenvalue weighted by Gasteiger charge is -2.25. The maximum absolute atomic E-state index is 6.60. The van der Waals surface area contributed by atoms with Gasteiger partial charge in [-0.1, -0.05) is 72.8 Å². The van der Waals surface area contributed by atoms with Crippen molar-refractivity contribution in [3.63, 3.8) is 0 Å². The lowest BCUT2D eigenvalue weighted by molar-refractivity contribution is 0.673. The van der Waals surface area contributed by atoms with Gasteiger partial charge in [-0.05, 0) is 65.4 Å². The number of hydrogen-bond acceptors (Lipinski definition) is 3. The third kappa shape index (κ3) is 3.11. The fraction of sp³-hybridized carbons (Fsp3) is 0. The third-order valence-corrected chi connectivity index (χ3v) is 8.41. The molecule has 6 aromatic carbocycles. The number of rotatable bonds is 3. The zero-order valence-corrected chi connectivity index (χ0v) is 20.7. The van der Waals surface area contributed by atoms with Crippen LogP contribution in [0, 0.1) is 0 Å². The number of benzene rings is 6. The van der Waals surface area contributed by atoms with Crippen molar-refractivity contribution in [1.82, 2.24) is 0 Å². The number of para-hydroxylation sites is 2. The van der Waals surface area contributed by atoms with Gasteiger partial charge >= 0.3 is 0 Å². The molecule has 0 N–H and O–H groups in total. The second-order valence-corrected chi connectivity index (χ2v) is 10.4. The molecule has 2 nitrogen and oxygen atoms in total. The molecule has 0 amide bonds. The van der Waals surface area contributed by atoms with Gasteiger partial charge < -0.3 is 9.32 Å². The van der Waals surface area contributed by atoms with E-state index < -0.39 is 0 Å². The predicted octanol–water partition coefficient (Wildman–Crippen LogP) is 10.6. The van der Waals surface area contributed by atoms with Crippen molar-refractivity contribution in [3.05, 3.63) is 127 Å². The van der Waals surface area contributed by atoms with Crippen molar-refractivity contribution in [2.24, 2.45) is 0 Å². The molecule has 0 spiro atoms. The topological polar surface area (TPSA) is 16.4 Å². The lowest BCUT2D eigenvalue weighted by atomic mass is 10.0. The Hall–Kier alpha value is -4.60. The summed E-state index contributed by atoms with van der Waals surface area (Å²) in [6.07, 6.45) is 0. The van der Waals surface area contributed by atoms with Crippen LogP contribution in [0.5, 0.6) is 0 Å². The molecule has 0 saturated heterocycles. The number of furan rings is 1. The Morgan fingerprint density at radius 3 is 1.95 bits per heavy atom. The molecular weight excluding hydrogens is 470 g/mol. The van der Waals surface area contributed by atoms with Crippen LogP contribution in [0.25, 0.3) is 52.9 Å². The molecule has 0 aliphatic rings. The van der Waals surface area contributed by atoms with Crippen LogP contribution in [0.1, 0.15) is 0 Å². The molecule has 0 saturated carbocycles. The zero-order valence-electron chi connectivity index (χ0n) is 19.9. The normalized spacial score (nSPS) is 11.8. The van der Waals surface area contributed by atoms with E-state index in [1.54, 1.807) is 0 Å². The second kappa shape index (κ2) is 7.95. The van der Waals surface area contributed by atoms with Crippen LogP contribution < -0.4 is 4.90 Å². The highest BCUT2D eigenvalue weighted by atomic mass is 32.1. The first-order chi connectivity index (χ1) is 18.3. The molecule has 174 valence electrons. The van der Waals surface area contributed by atoms with Crippen LogP contribution in [0.4, 0.5) is 17.1 Å². The van der Waals surface area contributed by atoms with E-state index in [4.69, 9.17) is 4.42 Å². The van der Waals surface area contributed by atoms with E-state index >= 15 is 0 Å². The summed E-state index contributed by atoms with van der Waals surface area (Å²) in [6.45, 7) is 0. The van der Waals surface area contributed by atoms with E-state index in [-0.39, 0.29) is 0 Å². The highest BCUT2D eigenvalue weighted by Gasteiger charge is 2.20. The highest BCUT2D eigenvalue weighted by Crippen LogP contribution is 2.47. The Morgan fingerprint density at radius 2 is 1.22 bits per heavy atom. The first-order valence-electron chi connectivity index (χ1n) is 12.4. The Bertz CT molecular complexity index is 2050. The number of anilines is 3. The van der Waals surface area contributed by atoms with Gasteiger partial charge in [0.05, 0.1) is 10.4 Å². The fourth-order valence-electron chi connectivity index (χ4n) is 5.54. The van der Waals surface area contributed by atoms with Gasteiger partial charge in [-0.2, -0.15) is 0 Å². The van der Waals surface area contributed by atoms with Gasteiger partial charge in [0.2, 0.25) is 0 Å². The second-order valence-electron chi connectivity index (χ2n) is 9.38. The van der Waals surface area contributed by atoms with E-state index in [1.165, 1.54) is 47.4 Å². The molecule has 2 aromatic heterocycles. The SMILES string of the molecule is c1ccc(N(c2ccccc2)c2cccc3c2sc2ccc4c5cc6ccccc6cc5oc4c23)cc1. The summed E-state index contributed by atoms with van der Waals surface area (Å²) < 4.78 is 9.09. The molecule has 37 heavy (non-hydrogen) atoms. The van der Waals surface area contributed by atoms with Crippen LogP contribution in [-0.4, -0.2) is 0 Å². The van der Waals surface area contributed by atoms with Gasteiger partial charge in [0, 0.05) is 37.6 Å². The molecule has 0 aliphatic heterocycles. The molecule has 3 heteroatoms. The summed E-state index contributed by atoms with van der Waals surface area (Å²) in [5.74, 6) is 0. The number of hydrogen-bond donors (Lipinski definition) is 0. The van der Waals surface area contributed by atoms with Gasteiger partial charge in [0.15, 0.2) is 0 Å². The molecule has 0 aliphatic carbocycles. The van der Waals surface area contributed by atoms with Crippen LogP contribution in [-0.2, 0) is 0 Å². The average molecular weight is 492 g/mol. The van der Waals surface area contributed by atoms with E-state index in [0.717, 1.165) is 22.5 Å². The predicted molar refractivity (Wildman–Crippen MR) is 159 cm³/mol. The molecule has 8 rings (SSSR count).